The van der Waals surface area contributed by atoms with E-state index in [1.807, 2.05) is 30.3 Å². The highest BCUT2D eigenvalue weighted by Gasteiger charge is 2.19. The molecule has 7 heteroatoms. The molecular formula is C21H16N2O5. The normalized spacial score (nSPS) is 10.9. The van der Waals surface area contributed by atoms with E-state index in [1.165, 1.54) is 0 Å². The number of fused-ring (bicyclic) bond motifs is 1. The number of ether oxygens (including phenoxy) is 1. The van der Waals surface area contributed by atoms with Crippen molar-refractivity contribution in [1.29, 1.82) is 0 Å². The highest BCUT2D eigenvalue weighted by Crippen LogP contribution is 2.27. The van der Waals surface area contributed by atoms with Crippen LogP contribution in [0.2, 0.25) is 0 Å². The van der Waals surface area contributed by atoms with E-state index in [0.717, 1.165) is 5.56 Å². The molecule has 0 aliphatic carbocycles. The Labute approximate surface area is 159 Å². The number of para-hydroxylation sites is 1. The van der Waals surface area contributed by atoms with Crippen LogP contribution in [-0.2, 0) is 11.3 Å². The van der Waals surface area contributed by atoms with E-state index in [2.05, 4.69) is 10.2 Å². The molecule has 0 atom stereocenters. The van der Waals surface area contributed by atoms with Gasteiger partial charge >= 0.3 is 5.97 Å². The number of benzene rings is 2. The number of esters is 1. The number of nitrogens with zero attached hydrogens (tertiary/aromatic N) is 2. The molecule has 0 aliphatic rings. The Morgan fingerprint density at radius 3 is 2.50 bits per heavy atom. The van der Waals surface area contributed by atoms with Crippen LogP contribution in [0, 0.1) is 13.8 Å². The molecule has 0 N–H and O–H groups in total. The van der Waals surface area contributed by atoms with E-state index >= 15 is 0 Å². The van der Waals surface area contributed by atoms with Crippen molar-refractivity contribution < 1.29 is 18.4 Å². The molecule has 0 radical (unpaired) electrons. The molecule has 2 aromatic heterocycles. The number of hydrogen-bond acceptors (Lipinski definition) is 7. The average molecular weight is 376 g/mol. The zero-order valence-corrected chi connectivity index (χ0v) is 15.3. The van der Waals surface area contributed by atoms with Crippen LogP contribution in [0.15, 0.2) is 62.2 Å². The minimum absolute atomic E-state index is 0.156. The summed E-state index contributed by atoms with van der Waals surface area (Å²) in [4.78, 5) is 25.4. The maximum Gasteiger partial charge on any atom is 0.342 e. The molecule has 0 unspecified atom stereocenters. The van der Waals surface area contributed by atoms with E-state index in [1.54, 1.807) is 32.0 Å². The van der Waals surface area contributed by atoms with E-state index < -0.39 is 5.97 Å². The van der Waals surface area contributed by atoms with Crippen molar-refractivity contribution in [3.05, 3.63) is 81.7 Å². The molecule has 0 fully saturated rings. The minimum atomic E-state index is -0.646. The fraction of sp³-hybridized carbons (Fsp3) is 0.143. The van der Waals surface area contributed by atoms with Crippen LogP contribution in [0.25, 0.3) is 22.3 Å². The molecule has 0 aliphatic heterocycles. The fourth-order valence-electron chi connectivity index (χ4n) is 2.94. The molecule has 140 valence electrons. The number of carbonyl (C=O) groups is 1. The van der Waals surface area contributed by atoms with Gasteiger partial charge in [0.05, 0.1) is 5.39 Å². The second-order valence-corrected chi connectivity index (χ2v) is 6.22. The van der Waals surface area contributed by atoms with Gasteiger partial charge in [0.15, 0.2) is 17.6 Å². The largest absolute Gasteiger partial charge is 0.455 e. The van der Waals surface area contributed by atoms with E-state index in [0.29, 0.717) is 22.6 Å². The summed E-state index contributed by atoms with van der Waals surface area (Å²) in [6, 6.07) is 14.1. The van der Waals surface area contributed by atoms with E-state index in [4.69, 9.17) is 13.6 Å². The first-order valence-corrected chi connectivity index (χ1v) is 8.62. The standard InChI is InChI=1S/C21H16N2O5/c1-12-18(24)15-9-6-10-16(21(25)26-11-17-23-22-13(2)27-17)20(15)28-19(12)14-7-4-3-5-8-14/h3-10H,11H2,1-2H3. The second kappa shape index (κ2) is 7.11. The van der Waals surface area contributed by atoms with Gasteiger partial charge in [0, 0.05) is 18.1 Å². The summed E-state index contributed by atoms with van der Waals surface area (Å²) in [5.41, 5.74) is 1.38. The lowest BCUT2D eigenvalue weighted by Crippen LogP contribution is -2.11. The summed E-state index contributed by atoms with van der Waals surface area (Å²) < 4.78 is 16.5. The zero-order chi connectivity index (χ0) is 19.7. The summed E-state index contributed by atoms with van der Waals surface area (Å²) in [6.07, 6.45) is 0. The Hall–Kier alpha value is -3.74. The third-order valence-electron chi connectivity index (χ3n) is 4.30. The Morgan fingerprint density at radius 2 is 1.79 bits per heavy atom. The summed E-state index contributed by atoms with van der Waals surface area (Å²) in [5.74, 6) is 0.344. The first-order valence-electron chi connectivity index (χ1n) is 8.62. The quantitative estimate of drug-likeness (QED) is 0.500. The van der Waals surface area contributed by atoms with Crippen molar-refractivity contribution in [1.82, 2.24) is 10.2 Å². The van der Waals surface area contributed by atoms with Crippen molar-refractivity contribution in [3.63, 3.8) is 0 Å². The van der Waals surface area contributed by atoms with Gasteiger partial charge in [-0.1, -0.05) is 36.4 Å². The van der Waals surface area contributed by atoms with Crippen LogP contribution in [0.4, 0.5) is 0 Å². The Bertz CT molecular complexity index is 1220. The molecule has 28 heavy (non-hydrogen) atoms. The van der Waals surface area contributed by atoms with Crippen LogP contribution in [0.5, 0.6) is 0 Å². The Morgan fingerprint density at radius 1 is 1.00 bits per heavy atom. The van der Waals surface area contributed by atoms with E-state index in [9.17, 15) is 9.59 Å². The topological polar surface area (TPSA) is 95.4 Å². The van der Waals surface area contributed by atoms with Crippen molar-refractivity contribution in [2.75, 3.05) is 0 Å². The molecule has 2 heterocycles. The molecule has 0 saturated carbocycles. The van der Waals surface area contributed by atoms with Crippen LogP contribution in [0.1, 0.15) is 27.7 Å². The van der Waals surface area contributed by atoms with Crippen LogP contribution < -0.4 is 5.43 Å². The predicted octanol–water partition coefficient (Wildman–Crippen LogP) is 3.82. The van der Waals surface area contributed by atoms with Crippen LogP contribution in [0.3, 0.4) is 0 Å². The Kier molecular flexibility index (Phi) is 4.49. The van der Waals surface area contributed by atoms with Gasteiger partial charge in [-0.05, 0) is 19.1 Å². The Balaban J connectivity index is 1.77. The van der Waals surface area contributed by atoms with Crippen molar-refractivity contribution in [3.8, 4) is 11.3 Å². The first-order chi connectivity index (χ1) is 13.5. The molecule has 0 bridgehead atoms. The van der Waals surface area contributed by atoms with Gasteiger partial charge < -0.3 is 13.6 Å². The fourth-order valence-corrected chi connectivity index (χ4v) is 2.94. The van der Waals surface area contributed by atoms with E-state index in [-0.39, 0.29) is 29.1 Å². The molecule has 0 spiro atoms. The highest BCUT2D eigenvalue weighted by molar-refractivity contribution is 6.02. The van der Waals surface area contributed by atoms with Crippen LogP contribution in [-0.4, -0.2) is 16.2 Å². The van der Waals surface area contributed by atoms with Gasteiger partial charge in [0.2, 0.25) is 5.89 Å². The van der Waals surface area contributed by atoms with Gasteiger partial charge in [-0.25, -0.2) is 4.79 Å². The lowest BCUT2D eigenvalue weighted by atomic mass is 10.0. The molecule has 2 aromatic carbocycles. The van der Waals surface area contributed by atoms with Crippen LogP contribution >= 0.6 is 0 Å². The number of rotatable bonds is 4. The maximum atomic E-state index is 12.8. The summed E-state index contributed by atoms with van der Waals surface area (Å²) in [5, 5.41) is 7.79. The number of hydrogen-bond donors (Lipinski definition) is 0. The molecule has 7 nitrogen and oxygen atoms in total. The lowest BCUT2D eigenvalue weighted by Gasteiger charge is -2.10. The highest BCUT2D eigenvalue weighted by atomic mass is 16.5. The summed E-state index contributed by atoms with van der Waals surface area (Å²) in [7, 11) is 0. The smallest absolute Gasteiger partial charge is 0.342 e. The second-order valence-electron chi connectivity index (χ2n) is 6.22. The number of aromatic nitrogens is 2. The summed E-state index contributed by atoms with van der Waals surface area (Å²) in [6.45, 7) is 3.18. The minimum Gasteiger partial charge on any atom is -0.455 e. The van der Waals surface area contributed by atoms with Crippen molar-refractivity contribution in [2.45, 2.75) is 20.5 Å². The number of aryl methyl sites for hydroxylation is 1. The first kappa shape index (κ1) is 17.7. The average Bonchev–Trinajstić information content (AvgIpc) is 3.14. The van der Waals surface area contributed by atoms with Crippen molar-refractivity contribution in [2.24, 2.45) is 0 Å². The number of carbonyl (C=O) groups excluding carboxylic acids is 1. The maximum absolute atomic E-state index is 12.8. The SMILES string of the molecule is Cc1nnc(COC(=O)c2cccc3c(=O)c(C)c(-c4ccccc4)oc23)o1. The molecule has 0 amide bonds. The van der Waals surface area contributed by atoms with Gasteiger partial charge in [0.25, 0.3) is 5.89 Å². The molecule has 4 aromatic rings. The molecule has 0 saturated heterocycles. The predicted molar refractivity (Wildman–Crippen MR) is 101 cm³/mol. The molecule has 4 rings (SSSR count). The third kappa shape index (κ3) is 3.18. The van der Waals surface area contributed by atoms with Gasteiger partial charge in [0.1, 0.15) is 11.3 Å². The summed E-state index contributed by atoms with van der Waals surface area (Å²) >= 11 is 0. The third-order valence-corrected chi connectivity index (χ3v) is 4.30. The van der Waals surface area contributed by atoms with Gasteiger partial charge in [-0.2, -0.15) is 0 Å². The van der Waals surface area contributed by atoms with Crippen molar-refractivity contribution >= 4 is 16.9 Å². The van der Waals surface area contributed by atoms with Gasteiger partial charge in [-0.3, -0.25) is 4.79 Å². The molecular weight excluding hydrogens is 360 g/mol. The zero-order valence-electron chi connectivity index (χ0n) is 15.3. The van der Waals surface area contributed by atoms with Gasteiger partial charge in [-0.15, -0.1) is 10.2 Å². The lowest BCUT2D eigenvalue weighted by molar-refractivity contribution is 0.0438. The monoisotopic (exact) mass is 376 g/mol.